The van der Waals surface area contributed by atoms with E-state index in [1.807, 2.05) is 38.1 Å². The third-order valence-corrected chi connectivity index (χ3v) is 6.25. The van der Waals surface area contributed by atoms with E-state index >= 15 is 0 Å². The summed E-state index contributed by atoms with van der Waals surface area (Å²) in [6, 6.07) is 8.18. The minimum absolute atomic E-state index is 0.00331. The van der Waals surface area contributed by atoms with Gasteiger partial charge in [-0.25, -0.2) is 4.98 Å². The van der Waals surface area contributed by atoms with Crippen LogP contribution in [0, 0.1) is 5.92 Å². The number of amides is 2. The van der Waals surface area contributed by atoms with Crippen LogP contribution in [0.15, 0.2) is 24.3 Å². The predicted octanol–water partition coefficient (Wildman–Crippen LogP) is 3.56. The van der Waals surface area contributed by atoms with Gasteiger partial charge in [0.2, 0.25) is 11.8 Å². The topological polar surface area (TPSA) is 86.9 Å². The fraction of sp³-hybridized carbons (Fsp3) is 0.571. The molecule has 3 unspecified atom stereocenters. The number of para-hydroxylation sites is 2. The molecule has 6 nitrogen and oxygen atoms in total. The number of aromatic amines is 1. The largest absolute Gasteiger partial charge is 0.354 e. The maximum atomic E-state index is 12.4. The van der Waals surface area contributed by atoms with Crippen molar-refractivity contribution in [1.82, 2.24) is 20.6 Å². The molecule has 0 spiro atoms. The number of thioether (sulfide) groups is 1. The van der Waals surface area contributed by atoms with E-state index in [1.54, 1.807) is 11.8 Å². The zero-order chi connectivity index (χ0) is 20.1. The van der Waals surface area contributed by atoms with Gasteiger partial charge in [0.1, 0.15) is 5.82 Å². The van der Waals surface area contributed by atoms with Gasteiger partial charge in [0.15, 0.2) is 0 Å². The highest BCUT2D eigenvalue weighted by Crippen LogP contribution is 2.28. The number of benzene rings is 1. The number of fused-ring (bicyclic) bond motifs is 1. The molecule has 3 atom stereocenters. The first-order valence-electron chi connectivity index (χ1n) is 10.1. The molecule has 0 aliphatic heterocycles. The molecule has 0 radical (unpaired) electrons. The minimum Gasteiger partial charge on any atom is -0.354 e. The van der Waals surface area contributed by atoms with Gasteiger partial charge in [0.25, 0.3) is 0 Å². The molecular weight excluding hydrogens is 372 g/mol. The maximum Gasteiger partial charge on any atom is 0.230 e. The number of rotatable bonds is 7. The van der Waals surface area contributed by atoms with Crippen LogP contribution >= 0.6 is 11.8 Å². The molecule has 3 rings (SSSR count). The van der Waals surface area contributed by atoms with Crippen LogP contribution in [-0.4, -0.2) is 39.6 Å². The van der Waals surface area contributed by atoms with Crippen molar-refractivity contribution in [3.05, 3.63) is 30.1 Å². The highest BCUT2D eigenvalue weighted by atomic mass is 32.2. The third-order valence-electron chi connectivity index (χ3n) is 5.10. The number of nitrogens with zero attached hydrogens (tertiary/aromatic N) is 1. The van der Waals surface area contributed by atoms with Gasteiger partial charge in [-0.15, -0.1) is 11.8 Å². The van der Waals surface area contributed by atoms with Gasteiger partial charge in [-0.3, -0.25) is 9.59 Å². The molecular formula is C21H30N4O2S. The Balaban J connectivity index is 1.46. The monoisotopic (exact) mass is 402 g/mol. The number of nitrogens with one attached hydrogen (secondary N) is 3. The molecule has 1 fully saturated rings. The second-order valence-corrected chi connectivity index (χ2v) is 9.21. The first-order valence-corrected chi connectivity index (χ1v) is 11.1. The molecule has 2 amide bonds. The molecule has 1 aromatic heterocycles. The van der Waals surface area contributed by atoms with Crippen LogP contribution < -0.4 is 10.6 Å². The van der Waals surface area contributed by atoms with Gasteiger partial charge < -0.3 is 15.6 Å². The maximum absolute atomic E-state index is 12.4. The van der Waals surface area contributed by atoms with Crippen LogP contribution in [0.4, 0.5) is 0 Å². The molecule has 1 aliphatic carbocycles. The summed E-state index contributed by atoms with van der Waals surface area (Å²) in [5.74, 6) is 1.42. The van der Waals surface area contributed by atoms with Gasteiger partial charge in [-0.05, 0) is 52.2 Å². The van der Waals surface area contributed by atoms with E-state index in [9.17, 15) is 9.59 Å². The Morgan fingerprint density at radius 1 is 1.25 bits per heavy atom. The summed E-state index contributed by atoms with van der Waals surface area (Å²) in [7, 11) is 0. The van der Waals surface area contributed by atoms with Crippen molar-refractivity contribution in [2.24, 2.45) is 5.92 Å². The van der Waals surface area contributed by atoms with E-state index in [4.69, 9.17) is 0 Å². The highest BCUT2D eigenvalue weighted by molar-refractivity contribution is 8.00. The van der Waals surface area contributed by atoms with Crippen molar-refractivity contribution >= 4 is 34.6 Å². The average Bonchev–Trinajstić information content (AvgIpc) is 3.10. The molecule has 2 aromatic rings. The van der Waals surface area contributed by atoms with Gasteiger partial charge in [0, 0.05) is 18.0 Å². The summed E-state index contributed by atoms with van der Waals surface area (Å²) < 4.78 is 0. The lowest BCUT2D eigenvalue weighted by Gasteiger charge is -2.29. The lowest BCUT2D eigenvalue weighted by molar-refractivity contribution is -0.127. The second-order valence-electron chi connectivity index (χ2n) is 7.88. The summed E-state index contributed by atoms with van der Waals surface area (Å²) in [6.45, 7) is 6.00. The molecule has 28 heavy (non-hydrogen) atoms. The van der Waals surface area contributed by atoms with Crippen molar-refractivity contribution in [1.29, 1.82) is 0 Å². The summed E-state index contributed by atoms with van der Waals surface area (Å²) in [6.07, 6.45) is 3.56. The van der Waals surface area contributed by atoms with E-state index in [-0.39, 0.29) is 35.1 Å². The van der Waals surface area contributed by atoms with Gasteiger partial charge >= 0.3 is 0 Å². The molecule has 1 saturated carbocycles. The van der Waals surface area contributed by atoms with E-state index in [0.717, 1.165) is 42.5 Å². The molecule has 1 aromatic carbocycles. The van der Waals surface area contributed by atoms with Crippen molar-refractivity contribution < 1.29 is 9.59 Å². The number of carbonyl (C=O) groups excluding carboxylic acids is 2. The standard InChI is InChI=1S/C21H30N4O2S/c1-13(2)22-21(27)15-7-6-8-16(11-15)23-19(26)12-28-14(3)20-24-17-9-4-5-10-18(17)25-20/h4-5,9-10,13-16H,6-8,11-12H2,1-3H3,(H,22,27)(H,23,26)(H,24,25). The highest BCUT2D eigenvalue weighted by Gasteiger charge is 2.28. The van der Waals surface area contributed by atoms with E-state index < -0.39 is 0 Å². The van der Waals surface area contributed by atoms with E-state index in [1.165, 1.54) is 0 Å². The molecule has 1 heterocycles. The molecule has 0 bridgehead atoms. The smallest absolute Gasteiger partial charge is 0.230 e. The van der Waals surface area contributed by atoms with E-state index in [2.05, 4.69) is 27.5 Å². The fourth-order valence-electron chi connectivity index (χ4n) is 3.68. The Morgan fingerprint density at radius 3 is 2.79 bits per heavy atom. The molecule has 1 aliphatic rings. The van der Waals surface area contributed by atoms with Crippen molar-refractivity contribution in [3.8, 4) is 0 Å². The zero-order valence-corrected chi connectivity index (χ0v) is 17.6. The van der Waals surface area contributed by atoms with Crippen molar-refractivity contribution in [2.45, 2.75) is 63.8 Å². The van der Waals surface area contributed by atoms with Crippen LogP contribution in [0.3, 0.4) is 0 Å². The Kier molecular flexibility index (Phi) is 6.99. The SMILES string of the molecule is CC(C)NC(=O)C1CCCC(NC(=O)CSC(C)c2nc3ccccc3[nH]2)C1. The number of hydrogen-bond donors (Lipinski definition) is 3. The van der Waals surface area contributed by atoms with Crippen LogP contribution in [0.1, 0.15) is 57.5 Å². The van der Waals surface area contributed by atoms with E-state index in [0.29, 0.717) is 5.75 Å². The van der Waals surface area contributed by atoms with Crippen molar-refractivity contribution in [2.75, 3.05) is 5.75 Å². The summed E-state index contributed by atoms with van der Waals surface area (Å²) in [4.78, 5) is 32.6. The van der Waals surface area contributed by atoms with Crippen LogP contribution in [0.2, 0.25) is 0 Å². The molecule has 0 saturated heterocycles. The Hall–Kier alpha value is -2.02. The Labute approximate surface area is 170 Å². The number of carbonyl (C=O) groups is 2. The second kappa shape index (κ2) is 9.45. The third kappa shape index (κ3) is 5.50. The number of imidazole rings is 1. The van der Waals surface area contributed by atoms with Crippen LogP contribution in [-0.2, 0) is 9.59 Å². The average molecular weight is 403 g/mol. The van der Waals surface area contributed by atoms with Gasteiger partial charge in [-0.1, -0.05) is 18.6 Å². The quantitative estimate of drug-likeness (QED) is 0.661. The zero-order valence-electron chi connectivity index (χ0n) is 16.8. The summed E-state index contributed by atoms with van der Waals surface area (Å²) in [5, 5.41) is 6.22. The Bertz CT molecular complexity index is 787. The minimum atomic E-state index is 0.00331. The normalized spacial score (nSPS) is 20.9. The summed E-state index contributed by atoms with van der Waals surface area (Å²) >= 11 is 1.57. The number of aromatic nitrogens is 2. The lowest BCUT2D eigenvalue weighted by atomic mass is 9.85. The van der Waals surface area contributed by atoms with Crippen LogP contribution in [0.5, 0.6) is 0 Å². The number of H-pyrrole nitrogens is 1. The van der Waals surface area contributed by atoms with Gasteiger partial charge in [0.05, 0.1) is 22.0 Å². The van der Waals surface area contributed by atoms with Gasteiger partial charge in [-0.2, -0.15) is 0 Å². The first kappa shape index (κ1) is 20.7. The summed E-state index contributed by atoms with van der Waals surface area (Å²) in [5.41, 5.74) is 1.96. The molecule has 7 heteroatoms. The number of hydrogen-bond acceptors (Lipinski definition) is 4. The lowest BCUT2D eigenvalue weighted by Crippen LogP contribution is -2.44. The van der Waals surface area contributed by atoms with Crippen LogP contribution in [0.25, 0.3) is 11.0 Å². The molecule has 152 valence electrons. The Morgan fingerprint density at radius 2 is 2.04 bits per heavy atom. The fourth-order valence-corrected chi connectivity index (χ4v) is 4.43. The first-order chi connectivity index (χ1) is 13.4. The predicted molar refractivity (Wildman–Crippen MR) is 114 cm³/mol. The molecule has 3 N–H and O–H groups in total. The van der Waals surface area contributed by atoms with Crippen molar-refractivity contribution in [3.63, 3.8) is 0 Å².